The van der Waals surface area contributed by atoms with E-state index >= 15 is 0 Å². The van der Waals surface area contributed by atoms with Crippen LogP contribution in [-0.2, 0) is 4.79 Å². The Labute approximate surface area is 119 Å². The van der Waals surface area contributed by atoms with Crippen LogP contribution in [0, 0.1) is 5.92 Å². The summed E-state index contributed by atoms with van der Waals surface area (Å²) in [6.07, 6.45) is 3.92. The van der Waals surface area contributed by atoms with E-state index in [1.54, 1.807) is 18.3 Å². The van der Waals surface area contributed by atoms with Crippen molar-refractivity contribution in [3.8, 4) is 0 Å². The second-order valence-electron chi connectivity index (χ2n) is 5.23. The number of carbonyl (C=O) groups excluding carboxylic acids is 1. The maximum absolute atomic E-state index is 12.2. The first-order valence-electron chi connectivity index (χ1n) is 6.73. The standard InChI is InChI=1S/C14H20ClN3O/c1-10-5-8-18(9-6-10)11(2)14(19)17-12-4-3-7-16-13(12)15/h3-4,7,10-11H,5-6,8-9H2,1-2H3,(H,17,19). The number of amides is 1. The monoisotopic (exact) mass is 281 g/mol. The van der Waals surface area contributed by atoms with Gasteiger partial charge in [-0.25, -0.2) is 4.98 Å². The lowest BCUT2D eigenvalue weighted by Crippen LogP contribution is -2.45. The number of nitrogens with zero attached hydrogens (tertiary/aromatic N) is 2. The third kappa shape index (κ3) is 3.67. The number of anilines is 1. The Morgan fingerprint density at radius 2 is 2.21 bits per heavy atom. The van der Waals surface area contributed by atoms with E-state index < -0.39 is 0 Å². The highest BCUT2D eigenvalue weighted by molar-refractivity contribution is 6.32. The Kier molecular flexibility index (Phi) is 4.77. The fraction of sp³-hybridized carbons (Fsp3) is 0.571. The molecule has 0 aromatic carbocycles. The zero-order valence-electron chi connectivity index (χ0n) is 11.4. The second-order valence-corrected chi connectivity index (χ2v) is 5.58. The molecule has 4 nitrogen and oxygen atoms in total. The molecule has 2 rings (SSSR count). The van der Waals surface area contributed by atoms with Crippen LogP contribution in [0.3, 0.4) is 0 Å². The van der Waals surface area contributed by atoms with Crippen molar-refractivity contribution >= 4 is 23.2 Å². The molecular formula is C14H20ClN3O. The number of hydrogen-bond acceptors (Lipinski definition) is 3. The number of likely N-dealkylation sites (tertiary alicyclic amines) is 1. The lowest BCUT2D eigenvalue weighted by Gasteiger charge is -2.34. The van der Waals surface area contributed by atoms with Crippen molar-refractivity contribution in [2.75, 3.05) is 18.4 Å². The number of pyridine rings is 1. The van der Waals surface area contributed by atoms with Gasteiger partial charge in [-0.2, -0.15) is 0 Å². The summed E-state index contributed by atoms with van der Waals surface area (Å²) < 4.78 is 0. The molecule has 0 saturated carbocycles. The summed E-state index contributed by atoms with van der Waals surface area (Å²) in [6.45, 7) is 6.17. The quantitative estimate of drug-likeness (QED) is 0.867. The highest BCUT2D eigenvalue weighted by atomic mass is 35.5. The number of hydrogen-bond donors (Lipinski definition) is 1. The molecule has 1 saturated heterocycles. The zero-order valence-corrected chi connectivity index (χ0v) is 12.2. The molecule has 1 aromatic heterocycles. The summed E-state index contributed by atoms with van der Waals surface area (Å²) in [5.74, 6) is 0.740. The topological polar surface area (TPSA) is 45.2 Å². The van der Waals surface area contributed by atoms with Crippen LogP contribution in [-0.4, -0.2) is 34.9 Å². The van der Waals surface area contributed by atoms with Crippen LogP contribution >= 0.6 is 11.6 Å². The van der Waals surface area contributed by atoms with E-state index in [4.69, 9.17) is 11.6 Å². The number of aromatic nitrogens is 1. The average Bonchev–Trinajstić information content (AvgIpc) is 2.41. The van der Waals surface area contributed by atoms with Crippen LogP contribution in [0.1, 0.15) is 26.7 Å². The molecule has 2 heterocycles. The van der Waals surface area contributed by atoms with E-state index in [0.29, 0.717) is 10.8 Å². The molecule has 0 bridgehead atoms. The number of rotatable bonds is 3. The van der Waals surface area contributed by atoms with Gasteiger partial charge in [0.25, 0.3) is 0 Å². The van der Waals surface area contributed by atoms with Crippen molar-refractivity contribution < 1.29 is 4.79 Å². The fourth-order valence-electron chi connectivity index (χ4n) is 2.30. The van der Waals surface area contributed by atoms with Gasteiger partial charge in [0.05, 0.1) is 11.7 Å². The molecule has 1 fully saturated rings. The van der Waals surface area contributed by atoms with Gasteiger partial charge in [-0.1, -0.05) is 18.5 Å². The predicted molar refractivity (Wildman–Crippen MR) is 77.3 cm³/mol. The van der Waals surface area contributed by atoms with E-state index in [0.717, 1.165) is 31.8 Å². The Hall–Kier alpha value is -1.13. The summed E-state index contributed by atoms with van der Waals surface area (Å²) in [6, 6.07) is 3.39. The van der Waals surface area contributed by atoms with E-state index in [1.165, 1.54) is 0 Å². The summed E-state index contributed by atoms with van der Waals surface area (Å²) in [4.78, 5) is 18.4. The third-order valence-corrected chi connectivity index (χ3v) is 4.06. The molecular weight excluding hydrogens is 262 g/mol. The molecule has 1 aliphatic rings. The highest BCUT2D eigenvalue weighted by Gasteiger charge is 2.25. The molecule has 5 heteroatoms. The van der Waals surface area contributed by atoms with Gasteiger partial charge in [-0.15, -0.1) is 0 Å². The maximum Gasteiger partial charge on any atom is 0.241 e. The van der Waals surface area contributed by atoms with Gasteiger partial charge in [-0.05, 0) is 50.9 Å². The largest absolute Gasteiger partial charge is 0.322 e. The minimum Gasteiger partial charge on any atom is -0.322 e. The Bertz CT molecular complexity index is 444. The van der Waals surface area contributed by atoms with E-state index in [1.807, 2.05) is 6.92 Å². The van der Waals surface area contributed by atoms with Crippen LogP contribution in [0.2, 0.25) is 5.15 Å². The lowest BCUT2D eigenvalue weighted by atomic mass is 9.98. The molecule has 1 aliphatic heterocycles. The van der Waals surface area contributed by atoms with Crippen LogP contribution in [0.5, 0.6) is 0 Å². The molecule has 1 N–H and O–H groups in total. The Morgan fingerprint density at radius 3 is 2.84 bits per heavy atom. The maximum atomic E-state index is 12.2. The van der Waals surface area contributed by atoms with Crippen LogP contribution in [0.4, 0.5) is 5.69 Å². The first-order chi connectivity index (χ1) is 9.08. The number of piperidine rings is 1. The SMILES string of the molecule is CC1CCN(C(C)C(=O)Nc2cccnc2Cl)CC1. The number of carbonyl (C=O) groups is 1. The van der Waals surface area contributed by atoms with Crippen LogP contribution in [0.25, 0.3) is 0 Å². The first kappa shape index (κ1) is 14.3. The van der Waals surface area contributed by atoms with E-state index in [2.05, 4.69) is 22.1 Å². The van der Waals surface area contributed by atoms with Gasteiger partial charge < -0.3 is 5.32 Å². The lowest BCUT2D eigenvalue weighted by molar-refractivity contribution is -0.121. The summed E-state index contributed by atoms with van der Waals surface area (Å²) in [5, 5.41) is 3.17. The molecule has 104 valence electrons. The number of nitrogens with one attached hydrogen (secondary N) is 1. The van der Waals surface area contributed by atoms with Crippen molar-refractivity contribution in [2.45, 2.75) is 32.7 Å². The average molecular weight is 282 g/mol. The number of halogens is 1. The molecule has 1 aromatic rings. The molecule has 0 spiro atoms. The molecule has 1 amide bonds. The van der Waals surface area contributed by atoms with Crippen molar-refractivity contribution in [1.29, 1.82) is 0 Å². The van der Waals surface area contributed by atoms with E-state index in [-0.39, 0.29) is 11.9 Å². The minimum absolute atomic E-state index is 0.0237. The first-order valence-corrected chi connectivity index (χ1v) is 7.11. The normalized spacial score (nSPS) is 19.1. The molecule has 0 aliphatic carbocycles. The molecule has 19 heavy (non-hydrogen) atoms. The predicted octanol–water partition coefficient (Wildman–Crippen LogP) is 2.79. The molecule has 1 unspecified atom stereocenters. The van der Waals surface area contributed by atoms with Crippen molar-refractivity contribution in [3.63, 3.8) is 0 Å². The summed E-state index contributed by atoms with van der Waals surface area (Å²) >= 11 is 5.94. The summed E-state index contributed by atoms with van der Waals surface area (Å²) in [5.41, 5.74) is 0.575. The third-order valence-electron chi connectivity index (χ3n) is 3.76. The highest BCUT2D eigenvalue weighted by Crippen LogP contribution is 2.21. The Balaban J connectivity index is 1.94. The van der Waals surface area contributed by atoms with Crippen molar-refractivity contribution in [2.24, 2.45) is 5.92 Å². The van der Waals surface area contributed by atoms with E-state index in [9.17, 15) is 4.79 Å². The van der Waals surface area contributed by atoms with Gasteiger partial charge in [0, 0.05) is 6.20 Å². The van der Waals surface area contributed by atoms with Crippen LogP contribution in [0.15, 0.2) is 18.3 Å². The van der Waals surface area contributed by atoms with Gasteiger partial charge >= 0.3 is 0 Å². The molecule has 0 radical (unpaired) electrons. The van der Waals surface area contributed by atoms with Gasteiger partial charge in [0.1, 0.15) is 0 Å². The Morgan fingerprint density at radius 1 is 1.53 bits per heavy atom. The van der Waals surface area contributed by atoms with Crippen molar-refractivity contribution in [1.82, 2.24) is 9.88 Å². The fourth-order valence-corrected chi connectivity index (χ4v) is 2.46. The molecule has 1 atom stereocenters. The van der Waals surface area contributed by atoms with Gasteiger partial charge in [-0.3, -0.25) is 9.69 Å². The minimum atomic E-state index is -0.135. The second kappa shape index (κ2) is 6.35. The van der Waals surface area contributed by atoms with Crippen LogP contribution < -0.4 is 5.32 Å². The smallest absolute Gasteiger partial charge is 0.241 e. The van der Waals surface area contributed by atoms with Gasteiger partial charge in [0.2, 0.25) is 5.91 Å². The summed E-state index contributed by atoms with van der Waals surface area (Å²) in [7, 11) is 0. The van der Waals surface area contributed by atoms with Crippen molar-refractivity contribution in [3.05, 3.63) is 23.5 Å². The van der Waals surface area contributed by atoms with Gasteiger partial charge in [0.15, 0.2) is 5.15 Å². The zero-order chi connectivity index (χ0) is 13.8.